The zero-order valence-corrected chi connectivity index (χ0v) is 13.4. The molecule has 5 nitrogen and oxygen atoms in total. The Balaban J connectivity index is 1.65. The molecule has 3 aromatic rings. The molecular formula is C19H16N4O. The number of benzene rings is 1. The van der Waals surface area contributed by atoms with Gasteiger partial charge in [0.15, 0.2) is 0 Å². The highest BCUT2D eigenvalue weighted by molar-refractivity contribution is 5.61. The Hall–Kier alpha value is -3.13. The number of nitrogens with zero attached hydrogens (tertiary/aromatic N) is 4. The van der Waals surface area contributed by atoms with Gasteiger partial charge in [0.05, 0.1) is 17.8 Å². The van der Waals surface area contributed by atoms with E-state index in [4.69, 9.17) is 4.42 Å². The van der Waals surface area contributed by atoms with E-state index in [2.05, 4.69) is 20.9 Å². The van der Waals surface area contributed by atoms with Crippen LogP contribution in [0.2, 0.25) is 0 Å². The first-order chi connectivity index (χ1) is 11.7. The summed E-state index contributed by atoms with van der Waals surface area (Å²) in [6, 6.07) is 13.9. The number of nitriles is 1. The van der Waals surface area contributed by atoms with Gasteiger partial charge in [-0.25, -0.2) is 4.98 Å². The van der Waals surface area contributed by atoms with Gasteiger partial charge < -0.3 is 9.32 Å². The maximum Gasteiger partial charge on any atom is 0.245 e. The monoisotopic (exact) mass is 316 g/mol. The van der Waals surface area contributed by atoms with E-state index in [0.29, 0.717) is 18.0 Å². The van der Waals surface area contributed by atoms with Crippen molar-refractivity contribution in [2.24, 2.45) is 0 Å². The number of pyridine rings is 1. The molecule has 0 unspecified atom stereocenters. The molecule has 5 heteroatoms. The molecule has 24 heavy (non-hydrogen) atoms. The fourth-order valence-corrected chi connectivity index (χ4v) is 3.02. The van der Waals surface area contributed by atoms with Crippen molar-refractivity contribution in [3.05, 3.63) is 65.2 Å². The third-order valence-electron chi connectivity index (χ3n) is 4.22. The van der Waals surface area contributed by atoms with Crippen LogP contribution in [0.25, 0.3) is 11.6 Å². The van der Waals surface area contributed by atoms with Crippen molar-refractivity contribution in [3.63, 3.8) is 0 Å². The molecule has 0 saturated heterocycles. The third-order valence-corrected chi connectivity index (χ3v) is 4.22. The first kappa shape index (κ1) is 14.5. The summed E-state index contributed by atoms with van der Waals surface area (Å²) in [4.78, 5) is 11.1. The molecule has 0 bridgehead atoms. The molecular weight excluding hydrogens is 300 g/mol. The fourth-order valence-electron chi connectivity index (χ4n) is 3.02. The van der Waals surface area contributed by atoms with Crippen molar-refractivity contribution in [2.75, 3.05) is 11.4 Å². The normalized spacial score (nSPS) is 13.4. The number of anilines is 1. The van der Waals surface area contributed by atoms with Crippen LogP contribution in [0.5, 0.6) is 0 Å². The fraction of sp³-hybridized carbons (Fsp3) is 0.211. The van der Waals surface area contributed by atoms with Crippen LogP contribution in [-0.4, -0.2) is 16.5 Å². The van der Waals surface area contributed by atoms with Crippen molar-refractivity contribution in [2.45, 2.75) is 19.9 Å². The number of rotatable bonds is 2. The molecule has 3 heterocycles. The van der Waals surface area contributed by atoms with Crippen molar-refractivity contribution in [3.8, 4) is 17.7 Å². The van der Waals surface area contributed by atoms with Gasteiger partial charge in [-0.15, -0.1) is 0 Å². The Kier molecular flexibility index (Phi) is 3.51. The zero-order chi connectivity index (χ0) is 16.5. The zero-order valence-electron chi connectivity index (χ0n) is 13.4. The second-order valence-electron chi connectivity index (χ2n) is 5.91. The average Bonchev–Trinajstić information content (AvgIpc) is 3.05. The molecule has 0 spiro atoms. The van der Waals surface area contributed by atoms with Gasteiger partial charge in [0, 0.05) is 19.2 Å². The van der Waals surface area contributed by atoms with E-state index in [9.17, 15) is 5.26 Å². The Morgan fingerprint density at radius 1 is 1.25 bits per heavy atom. The van der Waals surface area contributed by atoms with Crippen LogP contribution in [0.15, 0.2) is 47.0 Å². The summed E-state index contributed by atoms with van der Waals surface area (Å²) in [5.41, 5.74) is 4.41. The van der Waals surface area contributed by atoms with Gasteiger partial charge in [-0.05, 0) is 36.8 Å². The third kappa shape index (κ3) is 2.52. The highest BCUT2D eigenvalue weighted by atomic mass is 16.4. The van der Waals surface area contributed by atoms with Gasteiger partial charge >= 0.3 is 0 Å². The molecule has 1 aliphatic heterocycles. The lowest BCUT2D eigenvalue weighted by molar-refractivity contribution is 0.498. The molecule has 0 fully saturated rings. The van der Waals surface area contributed by atoms with Crippen molar-refractivity contribution in [1.82, 2.24) is 9.97 Å². The van der Waals surface area contributed by atoms with Crippen molar-refractivity contribution >= 4 is 5.69 Å². The number of oxazole rings is 1. The molecule has 0 N–H and O–H groups in total. The van der Waals surface area contributed by atoms with Gasteiger partial charge in [0.2, 0.25) is 5.89 Å². The molecule has 4 rings (SSSR count). The maximum atomic E-state index is 9.40. The van der Waals surface area contributed by atoms with E-state index >= 15 is 0 Å². The predicted molar refractivity (Wildman–Crippen MR) is 90.4 cm³/mol. The Morgan fingerprint density at radius 3 is 2.96 bits per heavy atom. The van der Waals surface area contributed by atoms with E-state index < -0.39 is 0 Å². The van der Waals surface area contributed by atoms with Gasteiger partial charge in [-0.2, -0.15) is 5.26 Å². The van der Waals surface area contributed by atoms with Crippen LogP contribution in [0.1, 0.15) is 22.6 Å². The second-order valence-corrected chi connectivity index (χ2v) is 5.91. The van der Waals surface area contributed by atoms with Crippen LogP contribution in [-0.2, 0) is 13.0 Å². The van der Waals surface area contributed by atoms with E-state index in [1.807, 2.05) is 43.3 Å². The first-order valence-corrected chi connectivity index (χ1v) is 7.90. The largest absolute Gasteiger partial charge is 0.439 e. The number of hydrogen-bond acceptors (Lipinski definition) is 5. The van der Waals surface area contributed by atoms with Crippen LogP contribution >= 0.6 is 0 Å². The van der Waals surface area contributed by atoms with Crippen molar-refractivity contribution < 1.29 is 4.42 Å². The molecule has 0 radical (unpaired) electrons. The summed E-state index contributed by atoms with van der Waals surface area (Å²) in [5, 5.41) is 9.40. The standard InChI is InChI=1S/C19H16N4O/c1-13-5-6-17(14(10-13)11-20)23-9-7-18-16(12-23)22-19(24-18)15-4-2-3-8-21-15/h2-6,8,10H,7,9,12H2,1H3. The summed E-state index contributed by atoms with van der Waals surface area (Å²) in [5.74, 6) is 1.48. The summed E-state index contributed by atoms with van der Waals surface area (Å²) in [6.45, 7) is 3.45. The van der Waals surface area contributed by atoms with E-state index in [0.717, 1.165) is 41.4 Å². The summed E-state index contributed by atoms with van der Waals surface area (Å²) >= 11 is 0. The maximum absolute atomic E-state index is 9.40. The highest BCUT2D eigenvalue weighted by Crippen LogP contribution is 2.29. The number of aromatic nitrogens is 2. The molecule has 0 saturated carbocycles. The van der Waals surface area contributed by atoms with Gasteiger partial charge in [0.1, 0.15) is 23.2 Å². The quantitative estimate of drug-likeness (QED) is 0.724. The molecule has 0 amide bonds. The summed E-state index contributed by atoms with van der Waals surface area (Å²) < 4.78 is 5.89. The van der Waals surface area contributed by atoms with Gasteiger partial charge in [-0.1, -0.05) is 12.1 Å². The SMILES string of the molecule is Cc1ccc(N2CCc3oc(-c4ccccn4)nc3C2)c(C#N)c1. The lowest BCUT2D eigenvalue weighted by Crippen LogP contribution is -2.30. The minimum atomic E-state index is 0.562. The topological polar surface area (TPSA) is 66.0 Å². The van der Waals surface area contributed by atoms with Crippen LogP contribution in [0.4, 0.5) is 5.69 Å². The molecule has 1 aromatic carbocycles. The summed E-state index contributed by atoms with van der Waals surface area (Å²) in [6.07, 6.45) is 2.50. The second kappa shape index (κ2) is 5.82. The molecule has 2 aromatic heterocycles. The smallest absolute Gasteiger partial charge is 0.245 e. The summed E-state index contributed by atoms with van der Waals surface area (Å²) in [7, 11) is 0. The van der Waals surface area contributed by atoms with E-state index in [1.165, 1.54) is 0 Å². The van der Waals surface area contributed by atoms with Crippen LogP contribution < -0.4 is 4.90 Å². The predicted octanol–water partition coefficient (Wildman–Crippen LogP) is 3.48. The number of aryl methyl sites for hydroxylation is 1. The lowest BCUT2D eigenvalue weighted by Gasteiger charge is -2.28. The first-order valence-electron chi connectivity index (χ1n) is 7.90. The molecule has 0 aliphatic carbocycles. The Labute approximate surface area is 140 Å². The number of hydrogen-bond donors (Lipinski definition) is 0. The minimum Gasteiger partial charge on any atom is -0.439 e. The molecule has 0 atom stereocenters. The van der Waals surface area contributed by atoms with Crippen molar-refractivity contribution in [1.29, 1.82) is 5.26 Å². The lowest BCUT2D eigenvalue weighted by atomic mass is 10.1. The Morgan fingerprint density at radius 2 is 2.17 bits per heavy atom. The van der Waals surface area contributed by atoms with Crippen LogP contribution in [0.3, 0.4) is 0 Å². The van der Waals surface area contributed by atoms with Crippen LogP contribution in [0, 0.1) is 18.3 Å². The van der Waals surface area contributed by atoms with Gasteiger partial charge in [0.25, 0.3) is 0 Å². The highest BCUT2D eigenvalue weighted by Gasteiger charge is 2.24. The minimum absolute atomic E-state index is 0.562. The average molecular weight is 316 g/mol. The van der Waals surface area contributed by atoms with Gasteiger partial charge in [-0.3, -0.25) is 4.98 Å². The molecule has 1 aliphatic rings. The Bertz CT molecular complexity index is 924. The molecule has 118 valence electrons. The van der Waals surface area contributed by atoms with E-state index in [-0.39, 0.29) is 0 Å². The number of fused-ring (bicyclic) bond motifs is 1. The van der Waals surface area contributed by atoms with E-state index in [1.54, 1.807) is 6.20 Å².